The van der Waals surface area contributed by atoms with E-state index in [9.17, 15) is 0 Å². The van der Waals surface area contributed by atoms with Gasteiger partial charge in [-0.05, 0) is 38.8 Å². The van der Waals surface area contributed by atoms with Crippen LogP contribution in [0.1, 0.15) is 32.6 Å². The van der Waals surface area contributed by atoms with Crippen molar-refractivity contribution < 1.29 is 9.26 Å². The van der Waals surface area contributed by atoms with Gasteiger partial charge in [0.2, 0.25) is 11.7 Å². The maximum atomic E-state index is 6.03. The van der Waals surface area contributed by atoms with E-state index in [0.29, 0.717) is 41.8 Å². The number of nitrogens with zero attached hydrogens (tertiary/aromatic N) is 4. The lowest BCUT2D eigenvalue weighted by Crippen LogP contribution is -2.49. The van der Waals surface area contributed by atoms with Crippen molar-refractivity contribution in [3.63, 3.8) is 0 Å². The summed E-state index contributed by atoms with van der Waals surface area (Å²) in [4.78, 5) is 11.3. The van der Waals surface area contributed by atoms with Crippen LogP contribution in [0.2, 0.25) is 5.02 Å². The highest BCUT2D eigenvalue weighted by atomic mass is 35.5. The van der Waals surface area contributed by atoms with Crippen LogP contribution in [0.4, 0.5) is 0 Å². The number of ether oxygens (including phenoxy) is 1. The van der Waals surface area contributed by atoms with Gasteiger partial charge in [0.05, 0.1) is 12.7 Å². The van der Waals surface area contributed by atoms with E-state index >= 15 is 0 Å². The fraction of sp³-hybridized carbons (Fsp3) is 0.591. The van der Waals surface area contributed by atoms with E-state index in [0.717, 1.165) is 50.6 Å². The van der Waals surface area contributed by atoms with Crippen molar-refractivity contribution in [3.05, 3.63) is 35.2 Å². The maximum absolute atomic E-state index is 6.03. The second-order valence-electron chi connectivity index (χ2n) is 7.95. The first-order valence-corrected chi connectivity index (χ1v) is 11.3. The van der Waals surface area contributed by atoms with Crippen molar-refractivity contribution in [2.24, 2.45) is 4.99 Å². The Morgan fingerprint density at radius 3 is 2.87 bits per heavy atom. The van der Waals surface area contributed by atoms with Gasteiger partial charge in [0.15, 0.2) is 5.96 Å². The summed E-state index contributed by atoms with van der Waals surface area (Å²) in [6.45, 7) is 8.75. The number of likely N-dealkylation sites (tertiary alicyclic amines) is 1. The fourth-order valence-corrected chi connectivity index (χ4v) is 3.69. The highest BCUT2D eigenvalue weighted by molar-refractivity contribution is 6.30. The number of aliphatic imine (C=N–C) groups is 1. The molecule has 1 aliphatic heterocycles. The minimum Gasteiger partial charge on any atom is -0.377 e. The van der Waals surface area contributed by atoms with E-state index in [1.54, 1.807) is 7.05 Å². The predicted octanol–water partition coefficient (Wildman–Crippen LogP) is 2.99. The maximum Gasteiger partial charge on any atom is 0.228 e. The molecule has 9 heteroatoms. The highest BCUT2D eigenvalue weighted by Crippen LogP contribution is 2.20. The third-order valence-electron chi connectivity index (χ3n) is 5.19. The normalized spacial score (nSPS) is 16.1. The SMILES string of the molecule is CN=C(NCCc1nc(-c2cccc(Cl)c2)no1)NC1CCN(CCOC(C)C)CC1. The fourth-order valence-electron chi connectivity index (χ4n) is 3.50. The molecule has 0 amide bonds. The van der Waals surface area contributed by atoms with Gasteiger partial charge in [-0.1, -0.05) is 28.9 Å². The first-order valence-electron chi connectivity index (χ1n) is 10.9. The molecule has 2 N–H and O–H groups in total. The van der Waals surface area contributed by atoms with Gasteiger partial charge in [0.1, 0.15) is 0 Å². The average Bonchev–Trinajstić information content (AvgIpc) is 3.23. The number of hydrogen-bond acceptors (Lipinski definition) is 6. The van der Waals surface area contributed by atoms with Crippen molar-refractivity contribution in [3.8, 4) is 11.4 Å². The van der Waals surface area contributed by atoms with Gasteiger partial charge in [-0.25, -0.2) is 0 Å². The van der Waals surface area contributed by atoms with E-state index in [-0.39, 0.29) is 0 Å². The Morgan fingerprint density at radius 2 is 2.16 bits per heavy atom. The van der Waals surface area contributed by atoms with Crippen LogP contribution < -0.4 is 10.6 Å². The van der Waals surface area contributed by atoms with E-state index in [2.05, 4.69) is 44.5 Å². The molecule has 3 rings (SSSR count). The summed E-state index contributed by atoms with van der Waals surface area (Å²) in [6, 6.07) is 7.84. The van der Waals surface area contributed by atoms with Gasteiger partial charge in [0, 0.05) is 56.3 Å². The van der Waals surface area contributed by atoms with E-state index in [1.165, 1.54) is 0 Å². The number of nitrogens with one attached hydrogen (secondary N) is 2. The molecule has 1 saturated heterocycles. The largest absolute Gasteiger partial charge is 0.377 e. The zero-order valence-corrected chi connectivity index (χ0v) is 19.4. The Morgan fingerprint density at radius 1 is 1.35 bits per heavy atom. The van der Waals surface area contributed by atoms with Crippen LogP contribution in [-0.4, -0.2) is 73.0 Å². The molecular formula is C22H33ClN6O2. The average molecular weight is 449 g/mol. The Labute approximate surface area is 189 Å². The Bertz CT molecular complexity index is 833. The van der Waals surface area contributed by atoms with Crippen molar-refractivity contribution in [1.82, 2.24) is 25.7 Å². The molecule has 31 heavy (non-hydrogen) atoms. The number of hydrogen-bond donors (Lipinski definition) is 2. The highest BCUT2D eigenvalue weighted by Gasteiger charge is 2.20. The molecule has 1 aliphatic rings. The van der Waals surface area contributed by atoms with Gasteiger partial charge in [0.25, 0.3) is 0 Å². The minimum atomic E-state index is 0.296. The summed E-state index contributed by atoms with van der Waals surface area (Å²) in [5.41, 5.74) is 0.843. The van der Waals surface area contributed by atoms with Crippen LogP contribution >= 0.6 is 11.6 Å². The van der Waals surface area contributed by atoms with Crippen LogP contribution in [0, 0.1) is 0 Å². The number of aromatic nitrogens is 2. The molecule has 0 spiro atoms. The molecule has 170 valence electrons. The van der Waals surface area contributed by atoms with Gasteiger partial charge in [-0.15, -0.1) is 0 Å². The molecule has 1 aromatic heterocycles. The number of halogens is 1. The van der Waals surface area contributed by atoms with E-state index in [4.69, 9.17) is 20.9 Å². The predicted molar refractivity (Wildman–Crippen MR) is 123 cm³/mol. The Balaban J connectivity index is 1.37. The summed E-state index contributed by atoms with van der Waals surface area (Å²) in [5.74, 6) is 1.93. The lowest BCUT2D eigenvalue weighted by molar-refractivity contribution is 0.0532. The lowest BCUT2D eigenvalue weighted by atomic mass is 10.1. The molecule has 1 aromatic carbocycles. The van der Waals surface area contributed by atoms with Crippen LogP contribution in [-0.2, 0) is 11.2 Å². The van der Waals surface area contributed by atoms with Crippen LogP contribution in [0.3, 0.4) is 0 Å². The molecule has 1 fully saturated rings. The number of piperidine rings is 1. The van der Waals surface area contributed by atoms with Crippen LogP contribution in [0.15, 0.2) is 33.8 Å². The summed E-state index contributed by atoms with van der Waals surface area (Å²) >= 11 is 6.03. The zero-order valence-electron chi connectivity index (χ0n) is 18.6. The second-order valence-corrected chi connectivity index (χ2v) is 8.39. The van der Waals surface area contributed by atoms with Crippen LogP contribution in [0.25, 0.3) is 11.4 Å². The standard InChI is InChI=1S/C22H33ClN6O2/c1-16(2)30-14-13-29-11-8-19(9-12-29)26-22(24-3)25-10-7-20-27-21(28-31-20)17-5-4-6-18(23)15-17/h4-6,15-16,19H,7-14H2,1-3H3,(H2,24,25,26). The Hall–Kier alpha value is -2.16. The summed E-state index contributed by atoms with van der Waals surface area (Å²) in [5, 5.41) is 11.6. The third kappa shape index (κ3) is 7.79. The van der Waals surface area contributed by atoms with Crippen molar-refractivity contribution in [2.45, 2.75) is 45.3 Å². The first kappa shape index (κ1) is 23.5. The first-order chi connectivity index (χ1) is 15.0. The third-order valence-corrected chi connectivity index (χ3v) is 5.43. The topological polar surface area (TPSA) is 87.8 Å². The second kappa shape index (κ2) is 12.0. The van der Waals surface area contributed by atoms with Crippen molar-refractivity contribution >= 4 is 17.6 Å². The number of benzene rings is 1. The molecule has 0 saturated carbocycles. The lowest BCUT2D eigenvalue weighted by Gasteiger charge is -2.33. The zero-order chi connectivity index (χ0) is 22.1. The molecule has 0 radical (unpaired) electrons. The van der Waals surface area contributed by atoms with Gasteiger partial charge in [-0.2, -0.15) is 4.98 Å². The molecular weight excluding hydrogens is 416 g/mol. The smallest absolute Gasteiger partial charge is 0.228 e. The van der Waals surface area contributed by atoms with E-state index in [1.807, 2.05) is 24.3 Å². The summed E-state index contributed by atoms with van der Waals surface area (Å²) in [7, 11) is 1.79. The molecule has 2 aromatic rings. The van der Waals surface area contributed by atoms with Crippen molar-refractivity contribution in [1.29, 1.82) is 0 Å². The van der Waals surface area contributed by atoms with Crippen molar-refractivity contribution in [2.75, 3.05) is 39.8 Å². The summed E-state index contributed by atoms with van der Waals surface area (Å²) in [6.07, 6.45) is 3.09. The molecule has 8 nitrogen and oxygen atoms in total. The number of guanidine groups is 1. The van der Waals surface area contributed by atoms with Gasteiger partial charge >= 0.3 is 0 Å². The van der Waals surface area contributed by atoms with Gasteiger partial charge in [-0.3, -0.25) is 4.99 Å². The molecule has 0 bridgehead atoms. The van der Waals surface area contributed by atoms with Gasteiger partial charge < -0.3 is 24.8 Å². The summed E-state index contributed by atoms with van der Waals surface area (Å²) < 4.78 is 11.0. The Kier molecular flexibility index (Phi) is 9.12. The molecule has 2 heterocycles. The monoisotopic (exact) mass is 448 g/mol. The minimum absolute atomic E-state index is 0.296. The molecule has 0 atom stereocenters. The van der Waals surface area contributed by atoms with E-state index < -0.39 is 0 Å². The van der Waals surface area contributed by atoms with Crippen LogP contribution in [0.5, 0.6) is 0 Å². The molecule has 0 aliphatic carbocycles. The quantitative estimate of drug-likeness (QED) is 0.450. The molecule has 0 unspecified atom stereocenters. The number of rotatable bonds is 9.